The van der Waals surface area contributed by atoms with Gasteiger partial charge in [0.25, 0.3) is 5.56 Å². The summed E-state index contributed by atoms with van der Waals surface area (Å²) in [7, 11) is -2.37. The Kier molecular flexibility index (Phi) is 5.58. The number of nitrogens with zero attached hydrogens (tertiary/aromatic N) is 4. The molecule has 0 spiro atoms. The lowest BCUT2D eigenvalue weighted by Gasteiger charge is -2.19. The van der Waals surface area contributed by atoms with E-state index in [0.717, 1.165) is 5.56 Å². The van der Waals surface area contributed by atoms with Gasteiger partial charge in [-0.25, -0.2) is 9.38 Å². The first-order valence-electron chi connectivity index (χ1n) is 11.7. The molecule has 5 atom stereocenters. The van der Waals surface area contributed by atoms with Crippen LogP contribution in [0.15, 0.2) is 75.6 Å². The van der Waals surface area contributed by atoms with Gasteiger partial charge < -0.3 is 20.6 Å². The zero-order valence-corrected chi connectivity index (χ0v) is 21.2. The summed E-state index contributed by atoms with van der Waals surface area (Å²) in [5, 5.41) is 11.5. The molecule has 7 rings (SSSR count). The number of benzene rings is 2. The van der Waals surface area contributed by atoms with Crippen LogP contribution in [0.5, 0.6) is 0 Å². The van der Waals surface area contributed by atoms with Crippen molar-refractivity contribution in [3.63, 3.8) is 0 Å². The number of aromatic amines is 1. The quantitative estimate of drug-likeness (QED) is 0.224. The van der Waals surface area contributed by atoms with E-state index in [9.17, 15) is 14.5 Å². The second-order valence-electron chi connectivity index (χ2n) is 8.87. The summed E-state index contributed by atoms with van der Waals surface area (Å²) in [5.74, 6) is 0.297. The van der Waals surface area contributed by atoms with E-state index in [1.54, 1.807) is 16.8 Å². The molecule has 2 saturated heterocycles. The monoisotopic (exact) mass is 551 g/mol. The number of anilines is 1. The van der Waals surface area contributed by atoms with Gasteiger partial charge in [-0.2, -0.15) is 4.98 Å². The third-order valence-corrected chi connectivity index (χ3v) is 8.38. The second kappa shape index (κ2) is 9.02. The van der Waals surface area contributed by atoms with Gasteiger partial charge in [0.1, 0.15) is 18.8 Å². The lowest BCUT2D eigenvalue weighted by molar-refractivity contribution is -0.0583. The summed E-state index contributed by atoms with van der Waals surface area (Å²) in [6.07, 6.45) is -2.13. The number of aromatic nitrogens is 5. The number of nitrogen functional groups attached to an aromatic ring is 1. The normalized spacial score (nSPS) is 24.3. The van der Waals surface area contributed by atoms with E-state index in [4.69, 9.17) is 24.5 Å². The van der Waals surface area contributed by atoms with Crippen molar-refractivity contribution in [1.29, 1.82) is 0 Å². The zero-order valence-electron chi connectivity index (χ0n) is 19.5. The summed E-state index contributed by atoms with van der Waals surface area (Å²) in [4.78, 5) is 26.9. The fraction of sp³-hybridized carbons (Fsp3) is 0.208. The van der Waals surface area contributed by atoms with Crippen molar-refractivity contribution in [2.75, 3.05) is 12.3 Å². The number of nitrogens with two attached hydrogens (primary N) is 1. The maximum Gasteiger partial charge on any atom is 0.697 e. The average molecular weight is 552 g/mol. The predicted molar refractivity (Wildman–Crippen MR) is 138 cm³/mol. The number of fused-ring (bicyclic) bond motifs is 3. The first-order chi connectivity index (χ1) is 18.5. The van der Waals surface area contributed by atoms with E-state index in [1.807, 2.05) is 48.5 Å². The number of hydrogen-bond donors (Lipinski definition) is 3. The number of H-pyrrole nitrogens is 1. The second-order valence-corrected chi connectivity index (χ2v) is 10.8. The van der Waals surface area contributed by atoms with E-state index < -0.39 is 38.4 Å². The van der Waals surface area contributed by atoms with Crippen LogP contribution in [0.2, 0.25) is 0 Å². The lowest BCUT2D eigenvalue weighted by Crippen LogP contribution is -2.37. The van der Waals surface area contributed by atoms with Crippen LogP contribution in [-0.4, -0.2) is 53.9 Å². The highest BCUT2D eigenvalue weighted by molar-refractivity contribution is 7.99. The highest BCUT2D eigenvalue weighted by atomic mass is 32.2. The minimum atomic E-state index is -2.37. The van der Waals surface area contributed by atoms with E-state index in [-0.39, 0.29) is 17.8 Å². The average Bonchev–Trinajstić information content (AvgIpc) is 3.60. The van der Waals surface area contributed by atoms with Crippen molar-refractivity contribution in [1.82, 2.24) is 23.9 Å². The molecule has 192 valence electrons. The van der Waals surface area contributed by atoms with Crippen LogP contribution in [0.3, 0.4) is 0 Å². The maximum absolute atomic E-state index is 13.6. The van der Waals surface area contributed by atoms with Gasteiger partial charge in [-0.05, 0) is 29.5 Å². The number of nitrogens with one attached hydrogen (secondary N) is 1. The van der Waals surface area contributed by atoms with Gasteiger partial charge in [0.05, 0.1) is 5.69 Å². The Morgan fingerprint density at radius 3 is 2.74 bits per heavy atom. The molecule has 2 aromatic carbocycles. The van der Waals surface area contributed by atoms with Crippen LogP contribution in [0.25, 0.3) is 28.2 Å². The molecule has 5 heterocycles. The molecule has 0 bridgehead atoms. The topological polar surface area (TPSA) is 159 Å². The highest BCUT2D eigenvalue weighted by Crippen LogP contribution is 2.45. The Labute approximate surface area is 219 Å². The predicted octanol–water partition coefficient (Wildman–Crippen LogP) is 3.10. The van der Waals surface area contributed by atoms with Gasteiger partial charge in [0, 0.05) is 21.3 Å². The molecule has 2 aliphatic heterocycles. The molecule has 12 nitrogen and oxygen atoms in total. The smallest absolute Gasteiger partial charge is 0.398 e. The number of aliphatic hydroxyl groups is 1. The van der Waals surface area contributed by atoms with Gasteiger partial charge in [0.15, 0.2) is 28.7 Å². The van der Waals surface area contributed by atoms with Crippen LogP contribution in [0, 0.1) is 0 Å². The van der Waals surface area contributed by atoms with Crippen molar-refractivity contribution in [2.24, 2.45) is 0 Å². The molecule has 2 aliphatic rings. The number of imidazole rings is 2. The number of para-hydroxylation sites is 1. The third kappa shape index (κ3) is 3.75. The molecule has 3 unspecified atom stereocenters. The first-order valence-corrected chi connectivity index (χ1v) is 13.6. The Bertz CT molecular complexity index is 1770. The van der Waals surface area contributed by atoms with Crippen LogP contribution in [0.4, 0.5) is 5.69 Å². The molecular formula is C24H20N6O6PS+. The molecule has 4 N–H and O–H groups in total. The van der Waals surface area contributed by atoms with Crippen LogP contribution >= 0.6 is 20.0 Å². The largest absolute Gasteiger partial charge is 0.697 e. The standard InChI is InChI=1S/C24H19N6O6PS/c25-13-8-4-5-9-16(13)38-24-27-17-20(30(24)22-18(31)19-15(35-22)11-34-37(33)36-19)28-23-26-14(10-29(23)21(17)32)12-6-2-1-3-7-12/h1-10,15,18-19,22,31H,11,25H2/p+1/t15?,18?,19-,22-/m1/s1. The SMILES string of the molecule is Nc1ccccc1Sc1nc2c(=O)n3cc(-c4ccccc4)[nH]c3nc2n1[C@@H]1OC2CO[P+](=O)O[C@H]2C1O. The van der Waals surface area contributed by atoms with E-state index in [1.165, 1.54) is 16.2 Å². The van der Waals surface area contributed by atoms with Gasteiger partial charge >= 0.3 is 8.25 Å². The summed E-state index contributed by atoms with van der Waals surface area (Å²) < 4.78 is 31.4. The Hall–Kier alpha value is -3.58. The van der Waals surface area contributed by atoms with Gasteiger partial charge in [0.2, 0.25) is 5.78 Å². The van der Waals surface area contributed by atoms with E-state index in [0.29, 0.717) is 27.2 Å². The van der Waals surface area contributed by atoms with Crippen LogP contribution in [-0.2, 0) is 18.3 Å². The lowest BCUT2D eigenvalue weighted by atomic mass is 10.1. The summed E-state index contributed by atoms with van der Waals surface area (Å²) >= 11 is 1.21. The molecule has 14 heteroatoms. The summed E-state index contributed by atoms with van der Waals surface area (Å²) in [6.45, 7) is -0.00837. The van der Waals surface area contributed by atoms with E-state index >= 15 is 0 Å². The van der Waals surface area contributed by atoms with Crippen molar-refractivity contribution < 1.29 is 23.5 Å². The Balaban J connectivity index is 1.42. The molecular weight excluding hydrogens is 531 g/mol. The molecule has 2 fully saturated rings. The molecule has 38 heavy (non-hydrogen) atoms. The van der Waals surface area contributed by atoms with Crippen molar-refractivity contribution in [3.05, 3.63) is 71.1 Å². The number of aliphatic hydroxyl groups excluding tert-OH is 1. The first kappa shape index (κ1) is 23.5. The molecule has 0 amide bonds. The fourth-order valence-corrected chi connectivity index (χ4v) is 6.45. The van der Waals surface area contributed by atoms with Gasteiger partial charge in [-0.3, -0.25) is 9.36 Å². The van der Waals surface area contributed by atoms with Crippen molar-refractivity contribution in [2.45, 2.75) is 34.6 Å². The molecule has 0 radical (unpaired) electrons. The number of rotatable bonds is 4. The molecule has 0 aliphatic carbocycles. The number of hydrogen-bond acceptors (Lipinski definition) is 10. The fourth-order valence-electron chi connectivity index (χ4n) is 4.71. The van der Waals surface area contributed by atoms with E-state index in [2.05, 4.69) is 9.97 Å². The van der Waals surface area contributed by atoms with Gasteiger partial charge in [-0.1, -0.05) is 42.5 Å². The molecule has 3 aromatic heterocycles. The molecule has 5 aromatic rings. The zero-order chi connectivity index (χ0) is 26.0. The number of ether oxygens (including phenoxy) is 1. The minimum Gasteiger partial charge on any atom is -0.398 e. The minimum absolute atomic E-state index is 0.00837. The van der Waals surface area contributed by atoms with Crippen molar-refractivity contribution >= 4 is 42.6 Å². The molecule has 0 saturated carbocycles. The Morgan fingerprint density at radius 2 is 1.92 bits per heavy atom. The van der Waals surface area contributed by atoms with Crippen LogP contribution in [0.1, 0.15) is 6.23 Å². The third-order valence-electron chi connectivity index (χ3n) is 6.54. The Morgan fingerprint density at radius 1 is 1.13 bits per heavy atom. The maximum atomic E-state index is 13.6. The highest BCUT2D eigenvalue weighted by Gasteiger charge is 2.55. The summed E-state index contributed by atoms with van der Waals surface area (Å²) in [5.41, 5.74) is 8.20. The van der Waals surface area contributed by atoms with Gasteiger partial charge in [-0.15, -0.1) is 9.05 Å². The summed E-state index contributed by atoms with van der Waals surface area (Å²) in [6, 6.07) is 16.8. The van der Waals surface area contributed by atoms with Crippen LogP contribution < -0.4 is 11.3 Å². The van der Waals surface area contributed by atoms with Crippen molar-refractivity contribution in [3.8, 4) is 11.3 Å².